The molecule has 0 N–H and O–H groups in total. The molecule has 0 heteroatoms. The van der Waals surface area contributed by atoms with Gasteiger partial charge in [-0.15, -0.1) is 0 Å². The predicted octanol–water partition coefficient (Wildman–Crippen LogP) is 10.9. The molecule has 6 aromatic rings. The lowest BCUT2D eigenvalue weighted by atomic mass is 9.50. The van der Waals surface area contributed by atoms with E-state index >= 15 is 0 Å². The Balaban J connectivity index is 1.75. The molecule has 0 amide bonds. The van der Waals surface area contributed by atoms with Crippen molar-refractivity contribution in [3.8, 4) is 0 Å². The van der Waals surface area contributed by atoms with Crippen LogP contribution in [0.1, 0.15) is 53.6 Å². The molecule has 6 rings (SSSR count). The lowest BCUT2D eigenvalue weighted by molar-refractivity contribution is 0.201. The van der Waals surface area contributed by atoms with E-state index in [-0.39, 0.29) is 11.8 Å². The van der Waals surface area contributed by atoms with E-state index < -0.39 is 10.8 Å². The fourth-order valence-corrected chi connectivity index (χ4v) is 7.95. The lowest BCUT2D eigenvalue weighted by Crippen LogP contribution is -2.49. The molecule has 2 atom stereocenters. The van der Waals surface area contributed by atoms with Gasteiger partial charge in [0.1, 0.15) is 0 Å². The molecule has 0 aromatic heterocycles. The van der Waals surface area contributed by atoms with Gasteiger partial charge in [0.15, 0.2) is 0 Å². The first-order chi connectivity index (χ1) is 21.7. The van der Waals surface area contributed by atoms with Crippen molar-refractivity contribution in [3.05, 3.63) is 222 Å². The molecule has 0 aliphatic carbocycles. The maximum absolute atomic E-state index is 2.50. The van der Waals surface area contributed by atoms with E-state index in [4.69, 9.17) is 0 Å². The molecule has 6 aromatic carbocycles. The summed E-state index contributed by atoms with van der Waals surface area (Å²) < 4.78 is 0. The van der Waals surface area contributed by atoms with Crippen LogP contribution in [0.4, 0.5) is 0 Å². The van der Waals surface area contributed by atoms with Gasteiger partial charge in [-0.05, 0) is 58.1 Å². The van der Waals surface area contributed by atoms with Gasteiger partial charge in [-0.1, -0.05) is 196 Å². The van der Waals surface area contributed by atoms with Crippen LogP contribution < -0.4 is 0 Å². The van der Waals surface area contributed by atoms with E-state index in [0.29, 0.717) is 0 Å². The van der Waals surface area contributed by atoms with Crippen LogP contribution in [-0.4, -0.2) is 0 Å². The smallest absolute Gasteiger partial charge is 0.0482 e. The van der Waals surface area contributed by atoms with Crippen molar-refractivity contribution in [1.82, 2.24) is 0 Å². The quantitative estimate of drug-likeness (QED) is 0.136. The highest BCUT2D eigenvalue weighted by molar-refractivity contribution is 5.56. The van der Waals surface area contributed by atoms with Crippen LogP contribution in [0.25, 0.3) is 0 Å². The van der Waals surface area contributed by atoms with E-state index in [1.807, 2.05) is 0 Å². The Morgan fingerprint density at radius 1 is 0.386 bits per heavy atom. The molecule has 1 radical (unpaired) electrons. The van der Waals surface area contributed by atoms with E-state index in [1.54, 1.807) is 0 Å². The largest absolute Gasteiger partial charge is 0.0622 e. The Hall–Kier alpha value is -4.68. The van der Waals surface area contributed by atoms with Gasteiger partial charge in [-0.3, -0.25) is 0 Å². The molecule has 0 fully saturated rings. The fraction of sp³-hybridized carbons (Fsp3) is 0.159. The van der Waals surface area contributed by atoms with E-state index in [0.717, 1.165) is 6.42 Å². The Morgan fingerprint density at radius 2 is 0.614 bits per heavy atom. The second kappa shape index (κ2) is 13.3. The predicted molar refractivity (Wildman–Crippen MR) is 186 cm³/mol. The third-order valence-electron chi connectivity index (χ3n) is 9.71. The van der Waals surface area contributed by atoms with Crippen molar-refractivity contribution in [2.75, 3.05) is 0 Å². The molecular formula is C44H41. The first-order valence-electron chi connectivity index (χ1n) is 15.8. The molecule has 0 heterocycles. The highest BCUT2D eigenvalue weighted by atomic mass is 14.5. The number of rotatable bonds is 11. The Kier molecular flexibility index (Phi) is 8.89. The summed E-state index contributed by atoms with van der Waals surface area (Å²) in [4.78, 5) is 0. The molecule has 44 heavy (non-hydrogen) atoms. The molecular weight excluding hydrogens is 528 g/mol. The second-order valence-corrected chi connectivity index (χ2v) is 11.9. The van der Waals surface area contributed by atoms with E-state index in [9.17, 15) is 0 Å². The summed E-state index contributed by atoms with van der Waals surface area (Å²) in [5.41, 5.74) is 7.06. The zero-order valence-corrected chi connectivity index (χ0v) is 25.8. The van der Waals surface area contributed by atoms with Gasteiger partial charge >= 0.3 is 0 Å². The summed E-state index contributed by atoms with van der Waals surface area (Å²) in [6, 6.07) is 67.2. The topological polar surface area (TPSA) is 0 Å². The lowest BCUT2D eigenvalue weighted by Gasteiger charge is -2.52. The fourth-order valence-electron chi connectivity index (χ4n) is 7.95. The summed E-state index contributed by atoms with van der Waals surface area (Å²) in [5, 5.41) is 0. The molecule has 0 saturated carbocycles. The zero-order chi connectivity index (χ0) is 30.2. The minimum atomic E-state index is -0.417. The highest BCUT2D eigenvalue weighted by Crippen LogP contribution is 2.57. The maximum Gasteiger partial charge on any atom is 0.0482 e. The Morgan fingerprint density at radius 3 is 0.841 bits per heavy atom. The molecule has 0 saturated heterocycles. The Labute approximate surface area is 264 Å². The summed E-state index contributed by atoms with van der Waals surface area (Å²) in [6.07, 6.45) is 3.32. The summed E-state index contributed by atoms with van der Waals surface area (Å²) in [6.45, 7) is 4.73. The van der Waals surface area contributed by atoms with Crippen molar-refractivity contribution in [2.24, 2.45) is 11.8 Å². The average Bonchev–Trinajstić information content (AvgIpc) is 3.11. The van der Waals surface area contributed by atoms with E-state index in [1.165, 1.54) is 33.4 Å². The third kappa shape index (κ3) is 5.09. The summed E-state index contributed by atoms with van der Waals surface area (Å²) in [7, 11) is 0. The Bertz CT molecular complexity index is 1500. The van der Waals surface area contributed by atoms with Crippen molar-refractivity contribution in [3.63, 3.8) is 0 Å². The number of hydrogen-bond donors (Lipinski definition) is 0. The van der Waals surface area contributed by atoms with Crippen LogP contribution in [0, 0.1) is 18.3 Å². The van der Waals surface area contributed by atoms with Crippen LogP contribution in [0.15, 0.2) is 182 Å². The molecule has 0 bridgehead atoms. The zero-order valence-electron chi connectivity index (χ0n) is 25.8. The molecule has 0 aliphatic rings. The standard InChI is InChI=1S/C44H41/c1-3-22-42(44(39-29-16-7-17-30-39,40-31-18-8-19-32-40)41-33-20-9-21-34-41)35(2)43(36-23-10-4-11-24-36,37-25-12-5-13-26-37)38-27-14-6-15-28-38/h3-21,23-35,42H,22H2,1-2H3/t35-,42?/m0/s1. The van der Waals surface area contributed by atoms with Crippen LogP contribution in [0.3, 0.4) is 0 Å². The summed E-state index contributed by atoms with van der Waals surface area (Å²) >= 11 is 0. The van der Waals surface area contributed by atoms with Gasteiger partial charge < -0.3 is 0 Å². The van der Waals surface area contributed by atoms with Crippen LogP contribution in [0.2, 0.25) is 0 Å². The maximum atomic E-state index is 2.50. The number of hydrogen-bond acceptors (Lipinski definition) is 0. The van der Waals surface area contributed by atoms with Gasteiger partial charge in [0, 0.05) is 10.8 Å². The number of benzene rings is 6. The van der Waals surface area contributed by atoms with Crippen LogP contribution >= 0.6 is 0 Å². The summed E-state index contributed by atoms with van der Waals surface area (Å²) in [5.74, 6) is 0.340. The minimum absolute atomic E-state index is 0.159. The highest BCUT2D eigenvalue weighted by Gasteiger charge is 2.52. The van der Waals surface area contributed by atoms with Gasteiger partial charge in [-0.25, -0.2) is 0 Å². The molecule has 0 spiro atoms. The normalized spacial score (nSPS) is 13.2. The van der Waals surface area contributed by atoms with E-state index in [2.05, 4.69) is 202 Å². The second-order valence-electron chi connectivity index (χ2n) is 11.9. The van der Waals surface area contributed by atoms with Crippen molar-refractivity contribution < 1.29 is 0 Å². The van der Waals surface area contributed by atoms with Crippen molar-refractivity contribution in [2.45, 2.75) is 31.1 Å². The van der Waals surface area contributed by atoms with Gasteiger partial charge in [-0.2, -0.15) is 0 Å². The monoisotopic (exact) mass is 569 g/mol. The SMILES string of the molecule is C[CH]CC([C@H](C)C(c1ccccc1)(c1ccccc1)c1ccccc1)C(c1ccccc1)(c1ccccc1)c1ccccc1. The minimum Gasteiger partial charge on any atom is -0.0622 e. The first kappa shape index (κ1) is 29.4. The molecule has 217 valence electrons. The van der Waals surface area contributed by atoms with Crippen LogP contribution in [-0.2, 0) is 10.8 Å². The molecule has 0 aliphatic heterocycles. The first-order valence-corrected chi connectivity index (χ1v) is 15.8. The van der Waals surface area contributed by atoms with Gasteiger partial charge in [0.25, 0.3) is 0 Å². The molecule has 1 unspecified atom stereocenters. The van der Waals surface area contributed by atoms with Gasteiger partial charge in [0.2, 0.25) is 0 Å². The third-order valence-corrected chi connectivity index (χ3v) is 9.71. The van der Waals surface area contributed by atoms with Gasteiger partial charge in [0.05, 0.1) is 0 Å². The van der Waals surface area contributed by atoms with Crippen molar-refractivity contribution >= 4 is 0 Å². The molecule has 0 nitrogen and oxygen atoms in total. The van der Waals surface area contributed by atoms with Crippen molar-refractivity contribution in [1.29, 1.82) is 0 Å². The van der Waals surface area contributed by atoms with Crippen LogP contribution in [0.5, 0.6) is 0 Å². The average molecular weight is 570 g/mol.